The fourth-order valence-electron chi connectivity index (χ4n) is 1.79. The second-order valence-corrected chi connectivity index (χ2v) is 6.69. The van der Waals surface area contributed by atoms with Crippen LogP contribution in [0.3, 0.4) is 0 Å². The van der Waals surface area contributed by atoms with Crippen molar-refractivity contribution in [2.24, 2.45) is 11.3 Å². The number of hydrogen-bond acceptors (Lipinski definition) is 4. The molecule has 0 fully saturated rings. The van der Waals surface area contributed by atoms with E-state index >= 15 is 0 Å². The van der Waals surface area contributed by atoms with Gasteiger partial charge in [-0.15, -0.1) is 5.10 Å². The number of carbonyl (C=O) groups excluding carboxylic acids is 1. The molecule has 0 aliphatic rings. The normalized spacial score (nSPS) is 12.1. The lowest BCUT2D eigenvalue weighted by molar-refractivity contribution is -0.123. The average molecular weight is 281 g/mol. The van der Waals surface area contributed by atoms with Gasteiger partial charge in [-0.25, -0.2) is 4.68 Å². The third-order valence-corrected chi connectivity index (χ3v) is 2.90. The molecule has 1 aromatic heterocycles. The standard InChI is InChI=1S/C15H27N3O2/c1-12(2)14(19)6-8-20-9-7-18-11-13(16-17-18)10-15(3,4)5/h11-12H,6-10H2,1-5H3. The highest BCUT2D eigenvalue weighted by Crippen LogP contribution is 2.18. The molecule has 0 radical (unpaired) electrons. The quantitative estimate of drug-likeness (QED) is 0.687. The number of hydrogen-bond donors (Lipinski definition) is 0. The highest BCUT2D eigenvalue weighted by atomic mass is 16.5. The minimum absolute atomic E-state index is 0.0915. The maximum absolute atomic E-state index is 11.4. The van der Waals surface area contributed by atoms with Gasteiger partial charge in [0.2, 0.25) is 0 Å². The van der Waals surface area contributed by atoms with Crippen molar-refractivity contribution in [3.8, 4) is 0 Å². The second kappa shape index (κ2) is 7.53. The van der Waals surface area contributed by atoms with Gasteiger partial charge in [0.15, 0.2) is 0 Å². The molecule has 20 heavy (non-hydrogen) atoms. The van der Waals surface area contributed by atoms with Crippen LogP contribution in [-0.4, -0.2) is 34.0 Å². The van der Waals surface area contributed by atoms with Gasteiger partial charge in [0.25, 0.3) is 0 Å². The Bertz CT molecular complexity index is 419. The van der Waals surface area contributed by atoms with Crippen molar-refractivity contribution < 1.29 is 9.53 Å². The molecule has 0 spiro atoms. The molecule has 0 saturated heterocycles. The van der Waals surface area contributed by atoms with Crippen molar-refractivity contribution in [2.45, 2.75) is 54.0 Å². The van der Waals surface area contributed by atoms with Crippen LogP contribution < -0.4 is 0 Å². The third kappa shape index (κ3) is 6.80. The van der Waals surface area contributed by atoms with Gasteiger partial charge in [0.05, 0.1) is 25.5 Å². The van der Waals surface area contributed by atoms with Gasteiger partial charge in [-0.3, -0.25) is 4.79 Å². The van der Waals surface area contributed by atoms with E-state index in [4.69, 9.17) is 4.74 Å². The fourth-order valence-corrected chi connectivity index (χ4v) is 1.79. The molecular weight excluding hydrogens is 254 g/mol. The number of carbonyl (C=O) groups is 1. The monoisotopic (exact) mass is 281 g/mol. The molecule has 0 aromatic carbocycles. The van der Waals surface area contributed by atoms with E-state index in [9.17, 15) is 4.79 Å². The molecule has 5 nitrogen and oxygen atoms in total. The summed E-state index contributed by atoms with van der Waals surface area (Å²) in [5, 5.41) is 8.24. The van der Waals surface area contributed by atoms with Crippen molar-refractivity contribution in [3.63, 3.8) is 0 Å². The lowest BCUT2D eigenvalue weighted by Gasteiger charge is -2.15. The zero-order chi connectivity index (χ0) is 15.2. The average Bonchev–Trinajstić information content (AvgIpc) is 2.73. The van der Waals surface area contributed by atoms with Crippen LogP contribution in [-0.2, 0) is 22.5 Å². The predicted octanol–water partition coefficient (Wildman–Crippen LogP) is 2.50. The summed E-state index contributed by atoms with van der Waals surface area (Å²) < 4.78 is 7.26. The minimum atomic E-state index is 0.0915. The van der Waals surface area contributed by atoms with E-state index in [-0.39, 0.29) is 17.1 Å². The first kappa shape index (κ1) is 16.8. The summed E-state index contributed by atoms with van der Waals surface area (Å²) in [6, 6.07) is 0. The Hall–Kier alpha value is -1.23. The van der Waals surface area contributed by atoms with Crippen LogP contribution in [0.1, 0.15) is 46.7 Å². The number of ketones is 1. The van der Waals surface area contributed by atoms with Gasteiger partial charge in [-0.05, 0) is 11.8 Å². The summed E-state index contributed by atoms with van der Waals surface area (Å²) in [7, 11) is 0. The third-order valence-electron chi connectivity index (χ3n) is 2.90. The zero-order valence-corrected chi connectivity index (χ0v) is 13.3. The largest absolute Gasteiger partial charge is 0.379 e. The fraction of sp³-hybridized carbons (Fsp3) is 0.800. The van der Waals surface area contributed by atoms with Crippen LogP contribution in [0.5, 0.6) is 0 Å². The lowest BCUT2D eigenvalue weighted by atomic mass is 9.91. The highest BCUT2D eigenvalue weighted by molar-refractivity contribution is 5.80. The van der Waals surface area contributed by atoms with E-state index in [2.05, 4.69) is 31.1 Å². The molecule has 0 saturated carbocycles. The Morgan fingerprint density at radius 2 is 2.05 bits per heavy atom. The molecule has 1 heterocycles. The van der Waals surface area contributed by atoms with E-state index in [0.29, 0.717) is 26.2 Å². The number of Topliss-reactive ketones (excluding diaryl/α,β-unsaturated/α-hetero) is 1. The number of nitrogens with zero attached hydrogens (tertiary/aromatic N) is 3. The van der Waals surface area contributed by atoms with Crippen LogP contribution in [0.25, 0.3) is 0 Å². The van der Waals surface area contributed by atoms with Gasteiger partial charge >= 0.3 is 0 Å². The van der Waals surface area contributed by atoms with E-state index in [1.54, 1.807) is 4.68 Å². The van der Waals surface area contributed by atoms with Crippen LogP contribution in [0, 0.1) is 11.3 Å². The van der Waals surface area contributed by atoms with Gasteiger partial charge in [-0.2, -0.15) is 0 Å². The summed E-state index contributed by atoms with van der Waals surface area (Å²) >= 11 is 0. The smallest absolute Gasteiger partial charge is 0.137 e. The first-order valence-electron chi connectivity index (χ1n) is 7.27. The van der Waals surface area contributed by atoms with Crippen molar-refractivity contribution in [1.82, 2.24) is 15.0 Å². The molecule has 0 N–H and O–H groups in total. The van der Waals surface area contributed by atoms with Crippen molar-refractivity contribution >= 4 is 5.78 Å². The van der Waals surface area contributed by atoms with Gasteiger partial charge in [-0.1, -0.05) is 39.8 Å². The molecule has 0 aliphatic carbocycles. The summed E-state index contributed by atoms with van der Waals surface area (Å²) in [5.41, 5.74) is 1.22. The summed E-state index contributed by atoms with van der Waals surface area (Å²) in [6.45, 7) is 12.1. The first-order valence-corrected chi connectivity index (χ1v) is 7.27. The van der Waals surface area contributed by atoms with E-state index in [0.717, 1.165) is 12.1 Å². The number of rotatable bonds is 8. The summed E-state index contributed by atoms with van der Waals surface area (Å²) in [4.78, 5) is 11.4. The van der Waals surface area contributed by atoms with E-state index in [1.165, 1.54) is 0 Å². The van der Waals surface area contributed by atoms with Crippen LogP contribution in [0.4, 0.5) is 0 Å². The van der Waals surface area contributed by atoms with E-state index in [1.807, 2.05) is 20.0 Å². The second-order valence-electron chi connectivity index (χ2n) is 6.69. The molecule has 5 heteroatoms. The van der Waals surface area contributed by atoms with Crippen molar-refractivity contribution in [2.75, 3.05) is 13.2 Å². The van der Waals surface area contributed by atoms with Crippen molar-refractivity contribution in [3.05, 3.63) is 11.9 Å². The zero-order valence-electron chi connectivity index (χ0n) is 13.3. The van der Waals surface area contributed by atoms with Crippen LogP contribution in [0.2, 0.25) is 0 Å². The van der Waals surface area contributed by atoms with Crippen LogP contribution >= 0.6 is 0 Å². The minimum Gasteiger partial charge on any atom is -0.379 e. The summed E-state index contributed by atoms with van der Waals surface area (Å²) in [5.74, 6) is 0.340. The summed E-state index contributed by atoms with van der Waals surface area (Å²) in [6.07, 6.45) is 3.37. The molecule has 0 unspecified atom stereocenters. The Morgan fingerprint density at radius 1 is 1.35 bits per heavy atom. The number of aromatic nitrogens is 3. The molecule has 0 aliphatic heterocycles. The molecule has 0 bridgehead atoms. The molecule has 0 amide bonds. The van der Waals surface area contributed by atoms with Gasteiger partial charge < -0.3 is 4.74 Å². The maximum Gasteiger partial charge on any atom is 0.137 e. The predicted molar refractivity (Wildman–Crippen MR) is 78.5 cm³/mol. The maximum atomic E-state index is 11.4. The van der Waals surface area contributed by atoms with Gasteiger partial charge in [0, 0.05) is 18.5 Å². The molecule has 1 aromatic rings. The van der Waals surface area contributed by atoms with Crippen molar-refractivity contribution in [1.29, 1.82) is 0 Å². The van der Waals surface area contributed by atoms with Gasteiger partial charge in [0.1, 0.15) is 5.78 Å². The Labute approximate surface area is 121 Å². The Balaban J connectivity index is 2.21. The SMILES string of the molecule is CC(C)C(=O)CCOCCn1cc(CC(C)(C)C)nn1. The molecule has 0 atom stereocenters. The number of ether oxygens (including phenoxy) is 1. The highest BCUT2D eigenvalue weighted by Gasteiger charge is 2.13. The molecule has 114 valence electrons. The Morgan fingerprint density at radius 3 is 2.65 bits per heavy atom. The lowest BCUT2D eigenvalue weighted by Crippen LogP contribution is -2.13. The molecular formula is C15H27N3O2. The molecule has 1 rings (SSSR count). The first-order chi connectivity index (χ1) is 9.28. The topological polar surface area (TPSA) is 57.0 Å². The van der Waals surface area contributed by atoms with E-state index < -0.39 is 0 Å². The Kier molecular flexibility index (Phi) is 6.33. The van der Waals surface area contributed by atoms with Crippen LogP contribution in [0.15, 0.2) is 6.20 Å².